The summed E-state index contributed by atoms with van der Waals surface area (Å²) in [5.74, 6) is 0.376. The van der Waals surface area contributed by atoms with Gasteiger partial charge in [0, 0.05) is 43.2 Å². The van der Waals surface area contributed by atoms with Crippen molar-refractivity contribution in [1.82, 2.24) is 15.5 Å². The molecule has 1 aliphatic carbocycles. The number of benzene rings is 1. The molecule has 1 saturated heterocycles. The average molecular weight is 554 g/mol. The van der Waals surface area contributed by atoms with Gasteiger partial charge in [-0.05, 0) is 43.7 Å². The van der Waals surface area contributed by atoms with Crippen LogP contribution in [0.3, 0.4) is 0 Å². The molecule has 0 spiro atoms. The van der Waals surface area contributed by atoms with Crippen LogP contribution in [0.4, 0.5) is 9.59 Å². The maximum absolute atomic E-state index is 13.4. The smallest absolute Gasteiger partial charge is 0.406 e. The average Bonchev–Trinajstić information content (AvgIpc) is 2.94. The third-order valence-corrected chi connectivity index (χ3v) is 8.51. The monoisotopic (exact) mass is 553 g/mol. The second-order valence-electron chi connectivity index (χ2n) is 10.9. The van der Waals surface area contributed by atoms with Gasteiger partial charge in [0.25, 0.3) is 0 Å². The van der Waals surface area contributed by atoms with Crippen molar-refractivity contribution in [3.63, 3.8) is 0 Å². The molecule has 0 radical (unpaired) electrons. The van der Waals surface area contributed by atoms with Crippen molar-refractivity contribution in [2.45, 2.75) is 82.0 Å². The van der Waals surface area contributed by atoms with E-state index >= 15 is 0 Å². The molecule has 1 saturated carbocycles. The first-order chi connectivity index (χ1) is 18.3. The fourth-order valence-corrected chi connectivity index (χ4v) is 6.24. The van der Waals surface area contributed by atoms with Gasteiger partial charge >= 0.3 is 12.1 Å². The Bertz CT molecular complexity index is 900. The molecular weight excluding hydrogens is 508 g/mol. The van der Waals surface area contributed by atoms with E-state index in [0.717, 1.165) is 37.7 Å². The molecule has 2 fully saturated rings. The summed E-state index contributed by atoms with van der Waals surface area (Å²) in [6.07, 6.45) is 8.02. The number of urea groups is 1. The van der Waals surface area contributed by atoms with E-state index in [1.54, 1.807) is 11.0 Å². The molecule has 10 heteroatoms. The van der Waals surface area contributed by atoms with Gasteiger partial charge < -0.3 is 36.2 Å². The third-order valence-electron chi connectivity index (χ3n) is 8.27. The van der Waals surface area contributed by atoms with Crippen molar-refractivity contribution in [3.05, 3.63) is 34.9 Å². The summed E-state index contributed by atoms with van der Waals surface area (Å²) in [6, 6.07) is 6.81. The van der Waals surface area contributed by atoms with Crippen molar-refractivity contribution in [2.24, 2.45) is 17.6 Å². The number of rotatable bonds is 11. The number of hydrogen-bond donors (Lipinski definition) is 4. The number of aliphatic hydroxyl groups excluding tert-OH is 1. The molecule has 3 amide bonds. The predicted molar refractivity (Wildman–Crippen MR) is 149 cm³/mol. The van der Waals surface area contributed by atoms with E-state index in [-0.39, 0.29) is 24.5 Å². The van der Waals surface area contributed by atoms with Crippen molar-refractivity contribution in [1.29, 1.82) is 0 Å². The zero-order valence-corrected chi connectivity index (χ0v) is 23.3. The van der Waals surface area contributed by atoms with Crippen LogP contribution in [0.25, 0.3) is 0 Å². The number of nitrogens with one attached hydrogen (secondary N) is 2. The van der Waals surface area contributed by atoms with Crippen LogP contribution in [0.2, 0.25) is 5.02 Å². The van der Waals surface area contributed by atoms with Crippen molar-refractivity contribution in [3.8, 4) is 0 Å². The Hall–Kier alpha value is -2.07. The van der Waals surface area contributed by atoms with Crippen molar-refractivity contribution in [2.75, 3.05) is 33.3 Å². The van der Waals surface area contributed by atoms with Crippen LogP contribution >= 0.6 is 11.6 Å². The van der Waals surface area contributed by atoms with E-state index in [1.165, 1.54) is 26.4 Å². The number of carbonyl (C=O) groups excluding carboxylic acids is 2. The summed E-state index contributed by atoms with van der Waals surface area (Å²) in [5, 5.41) is 26.5. The van der Waals surface area contributed by atoms with Crippen LogP contribution < -0.4 is 16.4 Å². The first kappa shape index (κ1) is 30.5. The number of aliphatic hydroxyl groups is 1. The van der Waals surface area contributed by atoms with Crippen LogP contribution in [-0.4, -0.2) is 72.7 Å². The molecule has 3 rings (SSSR count). The summed E-state index contributed by atoms with van der Waals surface area (Å²) < 4.78 is 4.65. The molecule has 1 aromatic rings. The highest BCUT2D eigenvalue weighted by molar-refractivity contribution is 6.30. The van der Waals surface area contributed by atoms with Gasteiger partial charge in [-0.2, -0.15) is 0 Å². The number of nitrogens with zero attached hydrogens (tertiary/aromatic N) is 1. The first-order valence-electron chi connectivity index (χ1n) is 14.0. The molecule has 4 atom stereocenters. The Labute approximate surface area is 231 Å². The van der Waals surface area contributed by atoms with E-state index in [1.807, 2.05) is 18.2 Å². The summed E-state index contributed by atoms with van der Waals surface area (Å²) >= 11 is 6.31. The number of alkyl carbamates (subject to hydrolysis) is 1. The Balaban J connectivity index is 1.70. The van der Waals surface area contributed by atoms with Gasteiger partial charge in [0.05, 0.1) is 25.2 Å². The fraction of sp³-hybridized carbons (Fsp3) is 0.714. The second kappa shape index (κ2) is 14.9. The summed E-state index contributed by atoms with van der Waals surface area (Å²) in [7, 11) is 1.32. The molecule has 0 unspecified atom stereocenters. The zero-order valence-electron chi connectivity index (χ0n) is 22.6. The molecule has 1 heterocycles. The summed E-state index contributed by atoms with van der Waals surface area (Å²) in [4.78, 5) is 26.7. The number of piperidine rings is 1. The van der Waals surface area contributed by atoms with Crippen LogP contribution in [0.15, 0.2) is 24.3 Å². The van der Waals surface area contributed by atoms with Crippen LogP contribution in [0.1, 0.15) is 69.8 Å². The molecule has 0 aromatic heterocycles. The number of likely N-dealkylation sites (tertiary alicyclic amines) is 1. The van der Waals surface area contributed by atoms with Crippen LogP contribution in [0.5, 0.6) is 0 Å². The number of methoxy groups -OCH3 is 1. The maximum Gasteiger partial charge on any atom is 0.406 e. The van der Waals surface area contributed by atoms with E-state index in [4.69, 9.17) is 17.3 Å². The van der Waals surface area contributed by atoms with E-state index in [9.17, 15) is 19.8 Å². The van der Waals surface area contributed by atoms with Gasteiger partial charge in [0.1, 0.15) is 0 Å². The number of amides is 3. The number of nitrogens with two attached hydrogens (primary N) is 1. The van der Waals surface area contributed by atoms with E-state index in [2.05, 4.69) is 15.4 Å². The minimum atomic E-state index is -0.986. The zero-order chi connectivity index (χ0) is 27.5. The fourth-order valence-electron chi connectivity index (χ4n) is 6.05. The lowest BCUT2D eigenvalue weighted by atomic mass is 9.74. The minimum Gasteiger partial charge on any atom is -0.453 e. The summed E-state index contributed by atoms with van der Waals surface area (Å²) in [5.41, 5.74) is 5.61. The number of ether oxygens (including phenoxy) is 1. The maximum atomic E-state index is 13.4. The lowest BCUT2D eigenvalue weighted by Gasteiger charge is -2.40. The van der Waals surface area contributed by atoms with Gasteiger partial charge in [-0.1, -0.05) is 55.8 Å². The Morgan fingerprint density at radius 1 is 1.26 bits per heavy atom. The quantitative estimate of drug-likeness (QED) is 0.245. The SMILES string of the molecule is COC(=O)NCCC[C@@]([OH2+])(c1cccc(Cl)c1)[C@@H]1CCCN(C(=O)N[C@@H](CC2CCCCC2)[C@@H](O)CN)C1. The summed E-state index contributed by atoms with van der Waals surface area (Å²) in [6.45, 7) is 1.53. The van der Waals surface area contributed by atoms with Gasteiger partial charge in [0.2, 0.25) is 0 Å². The number of carbonyl (C=O) groups is 2. The largest absolute Gasteiger partial charge is 0.453 e. The molecule has 9 nitrogen and oxygen atoms in total. The molecule has 38 heavy (non-hydrogen) atoms. The molecule has 214 valence electrons. The Kier molecular flexibility index (Phi) is 12.0. The highest BCUT2D eigenvalue weighted by Gasteiger charge is 2.46. The highest BCUT2D eigenvalue weighted by Crippen LogP contribution is 2.40. The lowest BCUT2D eigenvalue weighted by molar-refractivity contribution is -0.0554. The molecule has 2 aliphatic rings. The molecule has 0 bridgehead atoms. The Morgan fingerprint density at radius 2 is 2.03 bits per heavy atom. The van der Waals surface area contributed by atoms with E-state index in [0.29, 0.717) is 43.4 Å². The topological polar surface area (TPSA) is 140 Å². The van der Waals surface area contributed by atoms with Gasteiger partial charge in [-0.3, -0.25) is 0 Å². The van der Waals surface area contributed by atoms with Crippen molar-refractivity contribution >= 4 is 23.7 Å². The van der Waals surface area contributed by atoms with Crippen LogP contribution in [0, 0.1) is 11.8 Å². The third kappa shape index (κ3) is 8.46. The van der Waals surface area contributed by atoms with E-state index < -0.39 is 17.8 Å². The van der Waals surface area contributed by atoms with Crippen molar-refractivity contribution < 1.29 is 24.5 Å². The first-order valence-corrected chi connectivity index (χ1v) is 14.4. The minimum absolute atomic E-state index is 0.102. The number of halogens is 1. The normalized spacial score (nSPS) is 21.7. The van der Waals surface area contributed by atoms with Gasteiger partial charge in [-0.15, -0.1) is 0 Å². The molecular formula is C28H46ClN4O5+. The standard InChI is InChI=1S/C28H45ClN4O5/c1-38-27(36)31-14-7-13-28(37,21-10-5-12-23(29)17-21)22-11-6-15-33(19-22)26(35)32-24(25(34)18-30)16-20-8-3-2-4-9-20/h5,10,12,17,20,22,24-25,34,37H,2-4,6-9,11,13-16,18-19,30H2,1H3,(H,31,36)(H,32,35)/p+1/t22-,24+,25+,28-/m1/s1. The lowest BCUT2D eigenvalue weighted by Crippen LogP contribution is -2.55. The van der Waals surface area contributed by atoms with Gasteiger partial charge in [0.15, 0.2) is 5.60 Å². The van der Waals surface area contributed by atoms with Crippen LogP contribution in [-0.2, 0) is 10.3 Å². The molecule has 7 N–H and O–H groups in total. The number of hydrogen-bond acceptors (Lipinski definition) is 5. The Morgan fingerprint density at radius 3 is 2.71 bits per heavy atom. The highest BCUT2D eigenvalue weighted by atomic mass is 35.5. The second-order valence-corrected chi connectivity index (χ2v) is 11.3. The molecule has 1 aliphatic heterocycles. The molecule has 1 aromatic carbocycles. The predicted octanol–water partition coefficient (Wildman–Crippen LogP) is 3.48. The van der Waals surface area contributed by atoms with Gasteiger partial charge in [-0.25, -0.2) is 9.59 Å².